The molecule has 3 fully saturated rings. The molecule has 3 saturated heterocycles. The Balaban J connectivity index is 1.60. The van der Waals surface area contributed by atoms with Crippen LogP contribution in [0.1, 0.15) is 32.6 Å². The van der Waals surface area contributed by atoms with Crippen LogP contribution >= 0.6 is 0 Å². The highest BCUT2D eigenvalue weighted by Gasteiger charge is 2.67. The number of epoxide rings is 1. The lowest BCUT2D eigenvalue weighted by Crippen LogP contribution is -2.45. The molecule has 92 valence electrons. The predicted octanol–water partition coefficient (Wildman–Crippen LogP) is 2.01. The maximum atomic E-state index is 6.30. The van der Waals surface area contributed by atoms with Gasteiger partial charge in [-0.3, -0.25) is 0 Å². The summed E-state index contributed by atoms with van der Waals surface area (Å²) in [6.45, 7) is 2.20. The van der Waals surface area contributed by atoms with Crippen LogP contribution < -0.4 is 0 Å². The topological polar surface area (TPSA) is 31.0 Å². The van der Waals surface area contributed by atoms with Gasteiger partial charge in [-0.25, -0.2) is 0 Å². The Morgan fingerprint density at radius 1 is 0.882 bits per heavy atom. The number of hydrogen-bond donors (Lipinski definition) is 0. The highest BCUT2D eigenvalue weighted by Crippen LogP contribution is 2.59. The van der Waals surface area contributed by atoms with Gasteiger partial charge in [0.25, 0.3) is 0 Å². The van der Waals surface area contributed by atoms with E-state index in [9.17, 15) is 0 Å². The first-order chi connectivity index (χ1) is 8.34. The van der Waals surface area contributed by atoms with Gasteiger partial charge in [-0.15, -0.1) is 0 Å². The molecule has 2 bridgehead atoms. The van der Waals surface area contributed by atoms with Crippen LogP contribution in [0.25, 0.3) is 0 Å². The summed E-state index contributed by atoms with van der Waals surface area (Å²) in [4.78, 5) is 0. The zero-order chi connectivity index (χ0) is 11.1. The molecule has 0 saturated carbocycles. The predicted molar refractivity (Wildman–Crippen MR) is 60.3 cm³/mol. The molecule has 7 atom stereocenters. The Hall–Kier alpha value is -0.380. The monoisotopic (exact) mass is 234 g/mol. The number of fused-ring (bicyclic) bond motifs is 9. The molecule has 3 heteroatoms. The molecule has 3 unspecified atom stereocenters. The summed E-state index contributed by atoms with van der Waals surface area (Å²) < 4.78 is 17.9. The first kappa shape index (κ1) is 9.54. The maximum Gasteiger partial charge on any atom is 0.185 e. The van der Waals surface area contributed by atoms with Crippen molar-refractivity contribution in [2.24, 2.45) is 11.8 Å². The molecule has 4 aliphatic heterocycles. The van der Waals surface area contributed by atoms with E-state index in [1.165, 1.54) is 25.7 Å². The molecule has 0 aromatic heterocycles. The molecule has 0 amide bonds. The van der Waals surface area contributed by atoms with Crippen LogP contribution in [0.3, 0.4) is 0 Å². The minimum atomic E-state index is 0.0850. The van der Waals surface area contributed by atoms with Crippen molar-refractivity contribution in [3.63, 3.8) is 0 Å². The van der Waals surface area contributed by atoms with Crippen LogP contribution in [-0.2, 0) is 14.2 Å². The first-order valence-electron chi connectivity index (χ1n) is 7.03. The van der Waals surface area contributed by atoms with Gasteiger partial charge in [0.2, 0.25) is 0 Å². The van der Waals surface area contributed by atoms with E-state index in [4.69, 9.17) is 14.2 Å². The van der Waals surface area contributed by atoms with E-state index in [1.54, 1.807) is 11.1 Å². The molecule has 5 rings (SSSR count). The van der Waals surface area contributed by atoms with Gasteiger partial charge in [0, 0.05) is 11.8 Å². The molecule has 0 radical (unpaired) electrons. The standard InChI is InChI=1S/C14H18O3/c1-6-9-10(13-14(15-6)17-13)12-8-5-3-2-4-7(8)11(9)16-12/h6,9-14H,2-5H2,1H3/t6-,9-,10?,11+,12-,13?,14?/m1/s1. The third kappa shape index (κ3) is 1.05. The van der Waals surface area contributed by atoms with Crippen LogP contribution in [0.15, 0.2) is 11.1 Å². The second-order valence-electron chi connectivity index (χ2n) is 6.20. The van der Waals surface area contributed by atoms with Gasteiger partial charge in [-0.2, -0.15) is 0 Å². The summed E-state index contributed by atoms with van der Waals surface area (Å²) in [6.07, 6.45) is 6.69. The van der Waals surface area contributed by atoms with Gasteiger partial charge >= 0.3 is 0 Å². The smallest absolute Gasteiger partial charge is 0.185 e. The van der Waals surface area contributed by atoms with Crippen molar-refractivity contribution in [2.45, 2.75) is 63.3 Å². The molecule has 3 nitrogen and oxygen atoms in total. The molecule has 0 spiro atoms. The van der Waals surface area contributed by atoms with E-state index < -0.39 is 0 Å². The first-order valence-corrected chi connectivity index (χ1v) is 7.03. The second kappa shape index (κ2) is 2.95. The van der Waals surface area contributed by atoms with Crippen LogP contribution in [0, 0.1) is 11.8 Å². The summed E-state index contributed by atoms with van der Waals surface area (Å²) in [6, 6.07) is 0. The van der Waals surface area contributed by atoms with E-state index in [1.807, 2.05) is 0 Å². The van der Waals surface area contributed by atoms with Gasteiger partial charge in [-0.1, -0.05) is 0 Å². The highest BCUT2D eigenvalue weighted by atomic mass is 16.8. The third-order valence-electron chi connectivity index (χ3n) is 5.43. The zero-order valence-corrected chi connectivity index (χ0v) is 10.1. The maximum absolute atomic E-state index is 6.30. The third-order valence-corrected chi connectivity index (χ3v) is 5.43. The molecular formula is C14H18O3. The minimum absolute atomic E-state index is 0.0850. The lowest BCUT2D eigenvalue weighted by molar-refractivity contribution is -0.0581. The molecule has 1 aliphatic carbocycles. The van der Waals surface area contributed by atoms with Gasteiger partial charge in [0.15, 0.2) is 6.29 Å². The lowest BCUT2D eigenvalue weighted by Gasteiger charge is -2.37. The fourth-order valence-electron chi connectivity index (χ4n) is 4.72. The van der Waals surface area contributed by atoms with Gasteiger partial charge in [0.1, 0.15) is 6.10 Å². The number of ether oxygens (including phenoxy) is 3. The van der Waals surface area contributed by atoms with Crippen LogP contribution in [0.4, 0.5) is 0 Å². The summed E-state index contributed by atoms with van der Waals surface area (Å²) in [7, 11) is 0. The van der Waals surface area contributed by atoms with Crippen LogP contribution in [0.5, 0.6) is 0 Å². The van der Waals surface area contributed by atoms with Crippen molar-refractivity contribution in [1.82, 2.24) is 0 Å². The summed E-state index contributed by atoms with van der Waals surface area (Å²) in [5.41, 5.74) is 3.28. The van der Waals surface area contributed by atoms with E-state index in [0.717, 1.165) is 0 Å². The van der Waals surface area contributed by atoms with Crippen molar-refractivity contribution in [1.29, 1.82) is 0 Å². The van der Waals surface area contributed by atoms with Gasteiger partial charge in [0.05, 0.1) is 18.3 Å². The molecule has 17 heavy (non-hydrogen) atoms. The summed E-state index contributed by atoms with van der Waals surface area (Å²) in [5.74, 6) is 1.14. The molecule has 5 aliphatic rings. The summed E-state index contributed by atoms with van der Waals surface area (Å²) >= 11 is 0. The molecule has 0 aromatic carbocycles. The van der Waals surface area contributed by atoms with Crippen LogP contribution in [-0.4, -0.2) is 30.7 Å². The number of hydrogen-bond acceptors (Lipinski definition) is 3. The van der Waals surface area contributed by atoms with E-state index in [0.29, 0.717) is 36.3 Å². The Bertz CT molecular complexity index is 394. The Labute approximate surface area is 101 Å². The average Bonchev–Trinajstić information content (AvgIpc) is 2.87. The van der Waals surface area contributed by atoms with Crippen LogP contribution in [0.2, 0.25) is 0 Å². The van der Waals surface area contributed by atoms with Gasteiger partial charge < -0.3 is 14.2 Å². The van der Waals surface area contributed by atoms with Crippen molar-refractivity contribution < 1.29 is 14.2 Å². The fraction of sp³-hybridized carbons (Fsp3) is 0.857. The summed E-state index contributed by atoms with van der Waals surface area (Å²) in [5, 5.41) is 0. The fourth-order valence-corrected chi connectivity index (χ4v) is 4.72. The van der Waals surface area contributed by atoms with E-state index in [-0.39, 0.29) is 6.29 Å². The second-order valence-corrected chi connectivity index (χ2v) is 6.20. The van der Waals surface area contributed by atoms with E-state index in [2.05, 4.69) is 6.92 Å². The van der Waals surface area contributed by atoms with Crippen molar-refractivity contribution in [2.75, 3.05) is 0 Å². The Morgan fingerprint density at radius 2 is 1.59 bits per heavy atom. The van der Waals surface area contributed by atoms with Crippen molar-refractivity contribution >= 4 is 0 Å². The normalized spacial score (nSPS) is 58.8. The zero-order valence-electron chi connectivity index (χ0n) is 10.1. The molecular weight excluding hydrogens is 216 g/mol. The number of rotatable bonds is 0. The van der Waals surface area contributed by atoms with Crippen molar-refractivity contribution in [3.05, 3.63) is 11.1 Å². The SMILES string of the molecule is C[C@H]1OC2OC2C2[C@@H]1[C@H]1O[C@@H]2C2=C1CCCC2. The lowest BCUT2D eigenvalue weighted by atomic mass is 9.68. The highest BCUT2D eigenvalue weighted by molar-refractivity contribution is 5.37. The van der Waals surface area contributed by atoms with Crippen molar-refractivity contribution in [3.8, 4) is 0 Å². The molecule has 4 heterocycles. The Morgan fingerprint density at radius 3 is 2.35 bits per heavy atom. The van der Waals surface area contributed by atoms with E-state index >= 15 is 0 Å². The Kier molecular flexibility index (Phi) is 1.66. The quantitative estimate of drug-likeness (QED) is 0.474. The average molecular weight is 234 g/mol. The molecule has 0 aromatic rings. The largest absolute Gasteiger partial charge is 0.365 e. The minimum Gasteiger partial charge on any atom is -0.365 e. The van der Waals surface area contributed by atoms with Gasteiger partial charge in [-0.05, 0) is 43.8 Å². The molecule has 0 N–H and O–H groups in total.